The maximum atomic E-state index is 13.4. The zero-order valence-corrected chi connectivity index (χ0v) is 11.0. The first-order valence-corrected chi connectivity index (χ1v) is 6.03. The molecule has 2 aromatic rings. The first-order chi connectivity index (χ1) is 9.56. The highest BCUT2D eigenvalue weighted by atomic mass is 32.1. The fourth-order valence-corrected chi connectivity index (χ4v) is 1.64. The molecule has 0 bridgehead atoms. The Hall–Kier alpha value is -2.28. The second kappa shape index (κ2) is 6.25. The number of thiocarbonyl (C=S) groups is 1. The van der Waals surface area contributed by atoms with Crippen LogP contribution in [0.4, 0.5) is 8.78 Å². The van der Waals surface area contributed by atoms with E-state index < -0.39 is 17.5 Å². The summed E-state index contributed by atoms with van der Waals surface area (Å²) in [4.78, 5) is 11.6. The van der Waals surface area contributed by atoms with E-state index in [2.05, 4.69) is 10.6 Å². The Morgan fingerprint density at radius 1 is 1.30 bits per heavy atom. The average molecular weight is 296 g/mol. The van der Waals surface area contributed by atoms with Crippen LogP contribution in [0.1, 0.15) is 16.1 Å². The van der Waals surface area contributed by atoms with Crippen LogP contribution in [-0.2, 0) is 6.54 Å². The molecule has 0 saturated carbocycles. The molecular weight excluding hydrogens is 286 g/mol. The minimum Gasteiger partial charge on any atom is -0.459 e. The number of rotatable bonds is 3. The van der Waals surface area contributed by atoms with Crippen LogP contribution in [0.25, 0.3) is 0 Å². The van der Waals surface area contributed by atoms with E-state index in [0.29, 0.717) is 0 Å². The summed E-state index contributed by atoms with van der Waals surface area (Å²) in [7, 11) is 0. The lowest BCUT2D eigenvalue weighted by molar-refractivity contribution is 0.0949. The molecule has 104 valence electrons. The summed E-state index contributed by atoms with van der Waals surface area (Å²) < 4.78 is 31.2. The van der Waals surface area contributed by atoms with Crippen LogP contribution < -0.4 is 10.6 Å². The third-order valence-corrected chi connectivity index (χ3v) is 2.67. The maximum absolute atomic E-state index is 13.4. The topological polar surface area (TPSA) is 54.3 Å². The first kappa shape index (κ1) is 14.1. The summed E-state index contributed by atoms with van der Waals surface area (Å²) >= 11 is 4.88. The largest absolute Gasteiger partial charge is 0.459 e. The Morgan fingerprint density at radius 2 is 2.10 bits per heavy atom. The van der Waals surface area contributed by atoms with Gasteiger partial charge in [-0.3, -0.25) is 10.1 Å². The van der Waals surface area contributed by atoms with Gasteiger partial charge in [0.2, 0.25) is 0 Å². The van der Waals surface area contributed by atoms with E-state index in [0.717, 1.165) is 18.2 Å². The second-order valence-corrected chi connectivity index (χ2v) is 4.26. The van der Waals surface area contributed by atoms with Crippen LogP contribution >= 0.6 is 12.2 Å². The average Bonchev–Trinajstić information content (AvgIpc) is 2.94. The molecule has 2 rings (SSSR count). The Labute approximate surface area is 118 Å². The lowest BCUT2D eigenvalue weighted by Crippen LogP contribution is -2.38. The van der Waals surface area contributed by atoms with Gasteiger partial charge in [-0.2, -0.15) is 0 Å². The Kier molecular flexibility index (Phi) is 4.41. The van der Waals surface area contributed by atoms with Crippen molar-refractivity contribution in [3.05, 3.63) is 59.6 Å². The molecule has 0 spiro atoms. The molecule has 7 heteroatoms. The molecule has 1 heterocycles. The highest BCUT2D eigenvalue weighted by molar-refractivity contribution is 7.80. The van der Waals surface area contributed by atoms with Gasteiger partial charge in [-0.15, -0.1) is 0 Å². The van der Waals surface area contributed by atoms with Crippen molar-refractivity contribution in [2.75, 3.05) is 0 Å². The Bertz CT molecular complexity index is 629. The molecule has 2 N–H and O–H groups in total. The third kappa shape index (κ3) is 3.61. The number of amides is 1. The van der Waals surface area contributed by atoms with Crippen LogP contribution in [-0.4, -0.2) is 11.0 Å². The van der Waals surface area contributed by atoms with Gasteiger partial charge in [-0.1, -0.05) is 0 Å². The summed E-state index contributed by atoms with van der Waals surface area (Å²) in [5.74, 6) is -1.52. The third-order valence-electron chi connectivity index (χ3n) is 2.42. The molecule has 20 heavy (non-hydrogen) atoms. The molecule has 0 aliphatic rings. The van der Waals surface area contributed by atoms with E-state index in [9.17, 15) is 13.6 Å². The monoisotopic (exact) mass is 296 g/mol. The van der Waals surface area contributed by atoms with Crippen molar-refractivity contribution in [1.29, 1.82) is 0 Å². The van der Waals surface area contributed by atoms with Crippen molar-refractivity contribution in [3.8, 4) is 0 Å². The van der Waals surface area contributed by atoms with Crippen molar-refractivity contribution >= 4 is 23.2 Å². The molecule has 1 aromatic heterocycles. The number of nitrogens with one attached hydrogen (secondary N) is 2. The van der Waals surface area contributed by atoms with Crippen LogP contribution in [0.2, 0.25) is 0 Å². The summed E-state index contributed by atoms with van der Waals surface area (Å²) in [6.07, 6.45) is 1.35. The van der Waals surface area contributed by atoms with E-state index in [1.807, 2.05) is 0 Å². The van der Waals surface area contributed by atoms with Gasteiger partial charge < -0.3 is 9.73 Å². The second-order valence-electron chi connectivity index (χ2n) is 3.85. The number of hydrogen-bond acceptors (Lipinski definition) is 3. The Morgan fingerprint density at radius 3 is 2.80 bits per heavy atom. The summed E-state index contributed by atoms with van der Waals surface area (Å²) in [6, 6.07) is 6.14. The van der Waals surface area contributed by atoms with Crippen molar-refractivity contribution in [2.24, 2.45) is 0 Å². The lowest BCUT2D eigenvalue weighted by atomic mass is 10.2. The first-order valence-electron chi connectivity index (χ1n) is 5.63. The standard InChI is InChI=1S/C13H10F2N2O2S/c14-9-3-4-10(15)8(6-9)7-16-13(20)17-12(18)11-2-1-5-19-11/h1-6H,7H2,(H2,16,17,18,20). The van der Waals surface area contributed by atoms with Gasteiger partial charge in [0.15, 0.2) is 10.9 Å². The number of furan rings is 1. The highest BCUT2D eigenvalue weighted by Crippen LogP contribution is 2.09. The normalized spacial score (nSPS) is 10.1. The predicted octanol–water partition coefficient (Wildman–Crippen LogP) is 2.36. The van der Waals surface area contributed by atoms with Gasteiger partial charge in [0.1, 0.15) is 11.6 Å². The van der Waals surface area contributed by atoms with Crippen LogP contribution in [0.5, 0.6) is 0 Å². The van der Waals surface area contributed by atoms with Gasteiger partial charge in [-0.05, 0) is 42.5 Å². The zero-order valence-electron chi connectivity index (χ0n) is 10.2. The van der Waals surface area contributed by atoms with Crippen LogP contribution in [0.3, 0.4) is 0 Å². The number of halogens is 2. The SMILES string of the molecule is O=C(NC(=S)NCc1cc(F)ccc1F)c1ccco1. The molecule has 0 fully saturated rings. The highest BCUT2D eigenvalue weighted by Gasteiger charge is 2.10. The van der Waals surface area contributed by atoms with E-state index in [1.54, 1.807) is 6.07 Å². The van der Waals surface area contributed by atoms with Crippen molar-refractivity contribution in [1.82, 2.24) is 10.6 Å². The van der Waals surface area contributed by atoms with Gasteiger partial charge in [0, 0.05) is 12.1 Å². The number of carbonyl (C=O) groups is 1. The van der Waals surface area contributed by atoms with E-state index in [4.69, 9.17) is 16.6 Å². The van der Waals surface area contributed by atoms with Crippen molar-refractivity contribution in [2.45, 2.75) is 6.54 Å². The number of hydrogen-bond donors (Lipinski definition) is 2. The summed E-state index contributed by atoms with van der Waals surface area (Å²) in [5, 5.41) is 4.96. The van der Waals surface area contributed by atoms with Crippen LogP contribution in [0.15, 0.2) is 41.0 Å². The number of carbonyl (C=O) groups excluding carboxylic acids is 1. The molecule has 0 unspecified atom stereocenters. The minimum absolute atomic E-state index is 0.00457. The van der Waals surface area contributed by atoms with Crippen LogP contribution in [0, 0.1) is 11.6 Å². The quantitative estimate of drug-likeness (QED) is 0.854. The minimum atomic E-state index is -0.556. The maximum Gasteiger partial charge on any atom is 0.293 e. The van der Waals surface area contributed by atoms with E-state index >= 15 is 0 Å². The zero-order chi connectivity index (χ0) is 14.5. The fourth-order valence-electron chi connectivity index (χ4n) is 1.47. The Balaban J connectivity index is 1.89. The van der Waals surface area contributed by atoms with Gasteiger partial charge >= 0.3 is 0 Å². The van der Waals surface area contributed by atoms with E-state index in [-0.39, 0.29) is 23.0 Å². The fraction of sp³-hybridized carbons (Fsp3) is 0.0769. The van der Waals surface area contributed by atoms with E-state index in [1.165, 1.54) is 12.3 Å². The molecule has 0 atom stereocenters. The summed E-state index contributed by atoms with van der Waals surface area (Å²) in [5.41, 5.74) is 0.111. The van der Waals surface area contributed by atoms with Crippen molar-refractivity contribution < 1.29 is 18.0 Å². The molecule has 1 amide bonds. The van der Waals surface area contributed by atoms with Gasteiger partial charge in [-0.25, -0.2) is 8.78 Å². The molecule has 1 aromatic carbocycles. The van der Waals surface area contributed by atoms with Gasteiger partial charge in [0.25, 0.3) is 5.91 Å². The number of benzene rings is 1. The molecular formula is C13H10F2N2O2S. The summed E-state index contributed by atoms with van der Waals surface area (Å²) in [6.45, 7) is -0.0408. The molecule has 0 saturated heterocycles. The molecule has 4 nitrogen and oxygen atoms in total. The molecule has 0 radical (unpaired) electrons. The smallest absolute Gasteiger partial charge is 0.293 e. The van der Waals surface area contributed by atoms with Gasteiger partial charge in [0.05, 0.1) is 6.26 Å². The molecule has 0 aliphatic heterocycles. The predicted molar refractivity (Wildman–Crippen MR) is 72.0 cm³/mol. The van der Waals surface area contributed by atoms with Crippen molar-refractivity contribution in [3.63, 3.8) is 0 Å². The molecule has 0 aliphatic carbocycles. The lowest BCUT2D eigenvalue weighted by Gasteiger charge is -2.09.